The molecule has 2 nitrogen and oxygen atoms in total. The fourth-order valence-corrected chi connectivity index (χ4v) is 5.85. The van der Waals surface area contributed by atoms with Crippen LogP contribution in [0.1, 0.15) is 0 Å². The number of hydrogen-bond donors (Lipinski definition) is 0. The monoisotopic (exact) mass is 488 g/mol. The summed E-state index contributed by atoms with van der Waals surface area (Å²) in [6, 6.07) is 33.6. The van der Waals surface area contributed by atoms with Gasteiger partial charge >= 0.3 is 191 Å². The van der Waals surface area contributed by atoms with Gasteiger partial charge in [0.25, 0.3) is 0 Å². The van der Waals surface area contributed by atoms with Gasteiger partial charge in [-0.2, -0.15) is 0 Å². The third-order valence-electron chi connectivity index (χ3n) is 5.04. The zero-order chi connectivity index (χ0) is 21.9. The summed E-state index contributed by atoms with van der Waals surface area (Å²) in [6.07, 6.45) is 0. The fraction of sp³-hybridized carbons (Fsp3) is 0. The van der Waals surface area contributed by atoms with Crippen LogP contribution in [0, 0.1) is 11.6 Å². The molecule has 1 heterocycles. The molecule has 0 saturated heterocycles. The molecule has 4 aromatic carbocycles. The molecule has 0 radical (unpaired) electrons. The number of rotatable bonds is 5. The molecule has 0 atom stereocenters. The molecule has 0 amide bonds. The summed E-state index contributed by atoms with van der Waals surface area (Å²) in [7, 11) is 0. The summed E-state index contributed by atoms with van der Waals surface area (Å²) >= 11 is -0.0909. The molecule has 0 fully saturated rings. The zero-order valence-electron chi connectivity index (χ0n) is 17.0. The molecule has 32 heavy (non-hydrogen) atoms. The van der Waals surface area contributed by atoms with Crippen molar-refractivity contribution in [1.29, 1.82) is 0 Å². The van der Waals surface area contributed by atoms with Crippen molar-refractivity contribution in [2.75, 3.05) is 0 Å². The Kier molecular flexibility index (Phi) is 5.68. The van der Waals surface area contributed by atoms with E-state index in [0.717, 1.165) is 33.0 Å². The van der Waals surface area contributed by atoms with Crippen LogP contribution < -0.4 is 8.92 Å². The predicted octanol–water partition coefficient (Wildman–Crippen LogP) is 5.14. The zero-order valence-corrected chi connectivity index (χ0v) is 18.7. The van der Waals surface area contributed by atoms with E-state index in [-0.39, 0.29) is 20.6 Å². The van der Waals surface area contributed by atoms with Gasteiger partial charge in [0, 0.05) is 0 Å². The molecule has 0 spiro atoms. The summed E-state index contributed by atoms with van der Waals surface area (Å²) in [4.78, 5) is 0. The third kappa shape index (κ3) is 4.01. The predicted molar refractivity (Wildman–Crippen MR) is 126 cm³/mol. The first kappa shape index (κ1) is 20.4. The van der Waals surface area contributed by atoms with Gasteiger partial charge in [-0.25, -0.2) is 0 Å². The summed E-state index contributed by atoms with van der Waals surface area (Å²) in [6.45, 7) is 0. The van der Waals surface area contributed by atoms with E-state index in [4.69, 9.17) is 5.10 Å². The van der Waals surface area contributed by atoms with E-state index in [9.17, 15) is 8.78 Å². The molecular weight excluding hydrogens is 469 g/mol. The molecule has 0 unspecified atom stereocenters. The molecule has 0 bridgehead atoms. The Morgan fingerprint density at radius 2 is 1.25 bits per heavy atom. The molecular formula is C27H18F2N2Se. The Morgan fingerprint density at radius 3 is 1.88 bits per heavy atom. The minimum absolute atomic E-state index is 0.0909. The number of hydrogen-bond acceptors (Lipinski definition) is 1. The van der Waals surface area contributed by atoms with Crippen LogP contribution in [0.15, 0.2) is 109 Å². The Morgan fingerprint density at radius 1 is 0.656 bits per heavy atom. The first-order valence-electron chi connectivity index (χ1n) is 10.1. The summed E-state index contributed by atoms with van der Waals surface area (Å²) in [5.41, 5.74) is 3.73. The minimum atomic E-state index is -0.650. The van der Waals surface area contributed by atoms with Crippen molar-refractivity contribution in [1.82, 2.24) is 9.78 Å². The molecule has 5 rings (SSSR count). The van der Waals surface area contributed by atoms with E-state index in [0.29, 0.717) is 0 Å². The average Bonchev–Trinajstić information content (AvgIpc) is 3.19. The first-order chi connectivity index (χ1) is 15.7. The van der Waals surface area contributed by atoms with Gasteiger partial charge in [0.15, 0.2) is 0 Å². The number of halogens is 2. The molecule has 0 aliphatic carbocycles. The van der Waals surface area contributed by atoms with Crippen LogP contribution in [0.5, 0.6) is 0 Å². The molecule has 0 aliphatic heterocycles. The van der Waals surface area contributed by atoms with Crippen molar-refractivity contribution in [3.05, 3.63) is 121 Å². The molecule has 0 N–H and O–H groups in total. The molecule has 1 aromatic heterocycles. The van der Waals surface area contributed by atoms with Gasteiger partial charge in [-0.1, -0.05) is 0 Å². The Labute approximate surface area is 191 Å². The second-order valence-corrected chi connectivity index (χ2v) is 9.45. The summed E-state index contributed by atoms with van der Waals surface area (Å²) < 4.78 is 32.4. The first-order valence-corrected chi connectivity index (χ1v) is 11.8. The van der Waals surface area contributed by atoms with Gasteiger partial charge in [0.05, 0.1) is 0 Å². The number of aromatic nitrogens is 2. The van der Waals surface area contributed by atoms with Crippen LogP contribution in [0.2, 0.25) is 0 Å². The van der Waals surface area contributed by atoms with Crippen molar-refractivity contribution in [2.24, 2.45) is 0 Å². The van der Waals surface area contributed by atoms with Gasteiger partial charge < -0.3 is 0 Å². The van der Waals surface area contributed by atoms with Crippen LogP contribution >= 0.6 is 0 Å². The van der Waals surface area contributed by atoms with Crippen molar-refractivity contribution < 1.29 is 8.78 Å². The molecule has 5 heteroatoms. The van der Waals surface area contributed by atoms with Crippen LogP contribution in [0.4, 0.5) is 8.78 Å². The normalized spacial score (nSPS) is 10.9. The maximum absolute atomic E-state index is 14.9. The third-order valence-corrected chi connectivity index (χ3v) is 7.34. The Balaban J connectivity index is 1.82. The van der Waals surface area contributed by atoms with Crippen molar-refractivity contribution in [2.45, 2.75) is 0 Å². The Bertz CT molecular complexity index is 1350. The van der Waals surface area contributed by atoms with E-state index < -0.39 is 11.6 Å². The standard InChI is InChI=1S/C27H18F2N2Se/c28-21-16-17-24(23(29)18-21)31-26(20-12-6-2-7-13-20)27(32-22-14-8-3-9-15-22)25(30-31)19-10-4-1-5-11-19/h1-18H. The van der Waals surface area contributed by atoms with E-state index >= 15 is 0 Å². The SMILES string of the molecule is Fc1ccc(-n2nc(-c3ccccc3)c([Se]c3ccccc3)c2-c2ccccc2)c(F)c1. The van der Waals surface area contributed by atoms with E-state index in [1.54, 1.807) is 4.68 Å². The van der Waals surface area contributed by atoms with Crippen LogP contribution in [-0.2, 0) is 0 Å². The van der Waals surface area contributed by atoms with Gasteiger partial charge in [-0.3, -0.25) is 0 Å². The van der Waals surface area contributed by atoms with Crippen molar-refractivity contribution in [3.8, 4) is 28.2 Å². The van der Waals surface area contributed by atoms with Gasteiger partial charge in [-0.15, -0.1) is 0 Å². The van der Waals surface area contributed by atoms with Crippen molar-refractivity contribution in [3.63, 3.8) is 0 Å². The van der Waals surface area contributed by atoms with Crippen LogP contribution in [-0.4, -0.2) is 24.7 Å². The molecule has 156 valence electrons. The maximum atomic E-state index is 14.9. The summed E-state index contributed by atoms with van der Waals surface area (Å²) in [5.74, 6) is -1.26. The van der Waals surface area contributed by atoms with Gasteiger partial charge in [0.2, 0.25) is 0 Å². The second kappa shape index (κ2) is 8.91. The molecule has 0 saturated carbocycles. The van der Waals surface area contributed by atoms with Crippen LogP contribution in [0.3, 0.4) is 0 Å². The average molecular weight is 487 g/mol. The summed E-state index contributed by atoms with van der Waals surface area (Å²) in [5, 5.41) is 4.88. The second-order valence-electron chi connectivity index (χ2n) is 7.18. The van der Waals surface area contributed by atoms with Gasteiger partial charge in [-0.05, 0) is 0 Å². The van der Waals surface area contributed by atoms with E-state index in [1.165, 1.54) is 16.6 Å². The van der Waals surface area contributed by atoms with E-state index in [1.807, 2.05) is 78.9 Å². The quantitative estimate of drug-likeness (QED) is 0.314. The molecule has 0 aliphatic rings. The fourth-order valence-electron chi connectivity index (χ4n) is 3.57. The Hall–Kier alpha value is -3.53. The van der Waals surface area contributed by atoms with Crippen molar-refractivity contribution >= 4 is 23.9 Å². The van der Waals surface area contributed by atoms with E-state index in [2.05, 4.69) is 12.1 Å². The van der Waals surface area contributed by atoms with Gasteiger partial charge in [0.1, 0.15) is 0 Å². The molecule has 5 aromatic rings. The number of benzene rings is 4. The van der Waals surface area contributed by atoms with Crippen LogP contribution in [0.25, 0.3) is 28.2 Å². The topological polar surface area (TPSA) is 17.8 Å². The number of nitrogens with zero attached hydrogens (tertiary/aromatic N) is 2.